The fourth-order valence-corrected chi connectivity index (χ4v) is 14.0. The maximum absolute atomic E-state index is 13.0. The van der Waals surface area contributed by atoms with E-state index in [-0.39, 0.29) is 46.4 Å². The van der Waals surface area contributed by atoms with Gasteiger partial charge in [0.15, 0.2) is 0 Å². The topological polar surface area (TPSA) is 119 Å². The number of rotatable bonds is 24. The minimum Gasteiger partial charge on any atom is -0.870 e. The summed E-state index contributed by atoms with van der Waals surface area (Å²) in [5.74, 6) is 2.91. The summed E-state index contributed by atoms with van der Waals surface area (Å²) in [6.45, 7) is 33.9. The Kier molecular flexibility index (Phi) is 28.5. The summed E-state index contributed by atoms with van der Waals surface area (Å²) in [7, 11) is -5.71. The predicted molar refractivity (Wildman–Crippen MR) is 319 cm³/mol. The number of anilines is 2. The summed E-state index contributed by atoms with van der Waals surface area (Å²) in [5.41, 5.74) is 11.4. The van der Waals surface area contributed by atoms with E-state index in [2.05, 4.69) is 127 Å². The largest absolute Gasteiger partial charge is 1.00 e. The molecule has 420 valence electrons. The molecule has 2 heterocycles. The van der Waals surface area contributed by atoms with E-state index in [0.29, 0.717) is 42.1 Å². The zero-order valence-electron chi connectivity index (χ0n) is 50.0. The molecule has 2 saturated heterocycles. The van der Waals surface area contributed by atoms with Crippen molar-refractivity contribution in [3.05, 3.63) is 118 Å². The second-order valence-corrected chi connectivity index (χ2v) is 30.1. The third-order valence-electron chi connectivity index (χ3n) is 15.5. The fourth-order valence-electron chi connectivity index (χ4n) is 10.8. The zero-order valence-corrected chi connectivity index (χ0v) is 53.8. The molecule has 0 radical (unpaired) electrons. The molecule has 4 atom stereocenters. The fraction of sp³-hybridized carbons (Fsp3) is 0.625. The number of piperidine rings is 2. The summed E-state index contributed by atoms with van der Waals surface area (Å²) in [4.78, 5) is 15.2. The summed E-state index contributed by atoms with van der Waals surface area (Å²) >= 11 is 0. The molecule has 2 unspecified atom stereocenters. The summed E-state index contributed by atoms with van der Waals surface area (Å²) in [6, 6.07) is 30.4. The van der Waals surface area contributed by atoms with Gasteiger partial charge in [-0.1, -0.05) is 104 Å². The van der Waals surface area contributed by atoms with Crippen molar-refractivity contribution in [2.45, 2.75) is 177 Å². The minimum absolute atomic E-state index is 0. The van der Waals surface area contributed by atoms with E-state index in [4.69, 9.17) is 14.0 Å². The maximum atomic E-state index is 13.0. The second kappa shape index (κ2) is 32.0. The predicted octanol–water partition coefficient (Wildman–Crippen LogP) is 13.6. The van der Waals surface area contributed by atoms with Crippen LogP contribution in [0.15, 0.2) is 84.9 Å². The van der Waals surface area contributed by atoms with Crippen LogP contribution >= 0.6 is 14.7 Å². The standard InChI is InChI=1S/C33H52NO3P.C31H48NO3P.Na.H2O/c1-8-31(38(7,35)37-9-2)24-28-12-10-14-30(23-28)36-25-27-17-20-34(21-18-27)32-22-26(3)15-16-29(32)13-11-19-33(4,5)6;1-7-29(36(6,33)34)22-26-10-8-12-28(21-26)35-23-25-15-18-32(19-16-25)30-20-24(2)13-14-27(30)11-9-17-31(3,4)5;;/h10,12,14-16,22-23,27,31H,8-9,11,13,17-21,24-25H2,1-7H3;8,10,12-14,20-21,25,29H,7,9,11,15-19,22-23H2,1-6H3,(H,33,34);;1H2/q;;+1;/p-1/t31-,38?;29-;;/m11../s1. The molecule has 0 spiro atoms. The number of aryl methyl sites for hydroxylation is 4. The third kappa shape index (κ3) is 23.3. The Bertz CT molecular complexity index is 2410. The quantitative estimate of drug-likeness (QED) is 0.0540. The van der Waals surface area contributed by atoms with Crippen LogP contribution < -0.4 is 48.8 Å². The Balaban J connectivity index is 0.000000391. The molecule has 0 aromatic heterocycles. The molecule has 2 aliphatic rings. The molecule has 4 aromatic carbocycles. The van der Waals surface area contributed by atoms with Gasteiger partial charge in [0.1, 0.15) is 11.5 Å². The summed E-state index contributed by atoms with van der Waals surface area (Å²) in [6.07, 6.45) is 14.8. The van der Waals surface area contributed by atoms with E-state index in [9.17, 15) is 14.0 Å². The first-order chi connectivity index (χ1) is 34.9. The molecule has 0 amide bonds. The average molecular weight is 1100 g/mol. The molecule has 12 heteroatoms. The van der Waals surface area contributed by atoms with Crippen LogP contribution in [-0.2, 0) is 39.3 Å². The molecule has 2 fully saturated rings. The van der Waals surface area contributed by atoms with Crippen molar-refractivity contribution in [2.24, 2.45) is 22.7 Å². The molecular weight excluding hydrogens is 994 g/mol. The molecule has 0 saturated carbocycles. The van der Waals surface area contributed by atoms with Crippen LogP contribution in [0, 0.1) is 36.5 Å². The van der Waals surface area contributed by atoms with E-state index in [1.54, 1.807) is 6.66 Å². The van der Waals surface area contributed by atoms with Gasteiger partial charge in [0.2, 0.25) is 14.7 Å². The van der Waals surface area contributed by atoms with Crippen molar-refractivity contribution in [3.63, 3.8) is 0 Å². The average Bonchev–Trinajstić information content (AvgIpc) is 3.34. The Morgan fingerprint density at radius 1 is 0.605 bits per heavy atom. The second-order valence-electron chi connectivity index (χ2n) is 24.7. The van der Waals surface area contributed by atoms with E-state index in [0.717, 1.165) is 108 Å². The van der Waals surface area contributed by atoms with Gasteiger partial charge in [-0.05, 0) is 203 Å². The van der Waals surface area contributed by atoms with Crippen LogP contribution in [-0.4, -0.2) is 81.0 Å². The van der Waals surface area contributed by atoms with Gasteiger partial charge in [0, 0.05) is 62.2 Å². The maximum Gasteiger partial charge on any atom is 1.00 e. The van der Waals surface area contributed by atoms with E-state index in [1.165, 1.54) is 71.5 Å². The number of ether oxygens (including phenoxy) is 2. The smallest absolute Gasteiger partial charge is 0.870 e. The number of hydrogen-bond acceptors (Lipinski definition) is 8. The summed E-state index contributed by atoms with van der Waals surface area (Å²) in [5, 5.41) is 0. The van der Waals surface area contributed by atoms with Crippen molar-refractivity contribution in [1.29, 1.82) is 0 Å². The van der Waals surface area contributed by atoms with Gasteiger partial charge in [0.25, 0.3) is 0 Å². The van der Waals surface area contributed by atoms with Crippen LogP contribution in [0.5, 0.6) is 11.5 Å². The van der Waals surface area contributed by atoms with Crippen molar-refractivity contribution in [2.75, 3.05) is 69.1 Å². The number of benzene rings is 4. The van der Waals surface area contributed by atoms with Gasteiger partial charge in [0.05, 0.1) is 19.8 Å². The van der Waals surface area contributed by atoms with Gasteiger partial charge >= 0.3 is 29.6 Å². The Hall–Kier alpha value is -2.58. The van der Waals surface area contributed by atoms with Crippen molar-refractivity contribution in [1.82, 2.24) is 0 Å². The molecule has 4 aromatic rings. The van der Waals surface area contributed by atoms with E-state index < -0.39 is 14.7 Å². The SMILES string of the molecule is CCOP(C)(=O)[C@H](CC)Cc1cccc(OCC2CCN(c3cc(C)ccc3CCCC(C)(C)C)CC2)c1.CC[C@H](Cc1cccc(OCC2CCN(c3cc(C)ccc3CCCC(C)(C)C)CC2)c1)P(C)(=O)O.[Na+].[OH-]. The Morgan fingerprint density at radius 2 is 1.00 bits per heavy atom. The van der Waals surface area contributed by atoms with E-state index >= 15 is 0 Å². The first kappa shape index (κ1) is 67.7. The first-order valence-corrected chi connectivity index (χ1v) is 32.9. The van der Waals surface area contributed by atoms with Crippen LogP contribution in [0.3, 0.4) is 0 Å². The van der Waals surface area contributed by atoms with Gasteiger partial charge < -0.3 is 34.2 Å². The normalized spacial score (nSPS) is 17.0. The molecule has 0 bridgehead atoms. The summed E-state index contributed by atoms with van der Waals surface area (Å²) < 4.78 is 43.2. The molecule has 0 aliphatic carbocycles. The molecular formula is C64H101N2NaO7P2. The van der Waals surface area contributed by atoms with Gasteiger partial charge in [-0.25, -0.2) is 0 Å². The Morgan fingerprint density at radius 3 is 1.36 bits per heavy atom. The van der Waals surface area contributed by atoms with Crippen molar-refractivity contribution in [3.8, 4) is 11.5 Å². The van der Waals surface area contributed by atoms with Crippen molar-refractivity contribution >= 4 is 26.1 Å². The number of nitrogens with zero attached hydrogens (tertiary/aromatic N) is 2. The molecule has 9 nitrogen and oxygen atoms in total. The van der Waals surface area contributed by atoms with Crippen molar-refractivity contribution < 1.29 is 63.1 Å². The molecule has 6 rings (SSSR count). The van der Waals surface area contributed by atoms with Gasteiger partial charge in [-0.3, -0.25) is 9.13 Å². The van der Waals surface area contributed by atoms with E-state index in [1.807, 2.05) is 44.2 Å². The molecule has 2 aliphatic heterocycles. The zero-order chi connectivity index (χ0) is 54.1. The third-order valence-corrected chi connectivity index (χ3v) is 20.1. The first-order valence-electron chi connectivity index (χ1n) is 28.6. The van der Waals surface area contributed by atoms with Gasteiger partial charge in [-0.15, -0.1) is 0 Å². The Labute approximate surface area is 484 Å². The van der Waals surface area contributed by atoms with Crippen LogP contribution in [0.2, 0.25) is 0 Å². The minimum atomic E-state index is -3.09. The monoisotopic (exact) mass is 1090 g/mol. The van der Waals surface area contributed by atoms with Gasteiger partial charge in [-0.2, -0.15) is 0 Å². The molecule has 76 heavy (non-hydrogen) atoms. The number of hydrogen-bond donors (Lipinski definition) is 1. The van der Waals surface area contributed by atoms with Crippen LogP contribution in [0.25, 0.3) is 0 Å². The van der Waals surface area contributed by atoms with Crippen LogP contribution in [0.1, 0.15) is 160 Å². The molecule has 2 N–H and O–H groups in total. The van der Waals surface area contributed by atoms with Crippen LogP contribution in [0.4, 0.5) is 11.4 Å².